The first-order valence-corrected chi connectivity index (χ1v) is 6.50. The van der Waals surface area contributed by atoms with Gasteiger partial charge in [0, 0.05) is 0 Å². The zero-order valence-electron chi connectivity index (χ0n) is 11.4. The van der Waals surface area contributed by atoms with Gasteiger partial charge in [-0.15, -0.1) is 0 Å². The molecule has 0 aliphatic rings. The van der Waals surface area contributed by atoms with Crippen molar-refractivity contribution in [1.82, 2.24) is 0 Å². The van der Waals surface area contributed by atoms with Crippen LogP contribution in [-0.4, -0.2) is 5.91 Å². The van der Waals surface area contributed by atoms with Crippen molar-refractivity contribution in [1.29, 1.82) is 0 Å². The molecule has 0 bridgehead atoms. The van der Waals surface area contributed by atoms with Gasteiger partial charge in [-0.05, 0) is 43.2 Å². The summed E-state index contributed by atoms with van der Waals surface area (Å²) in [6.45, 7) is 3.63. The van der Waals surface area contributed by atoms with Gasteiger partial charge in [-0.1, -0.05) is 17.7 Å². The third kappa shape index (κ3) is 2.97. The van der Waals surface area contributed by atoms with E-state index in [1.807, 2.05) is 13.0 Å². The molecular formula is C15H13ClF2N2O. The number of amides is 1. The Morgan fingerprint density at radius 2 is 1.86 bits per heavy atom. The third-order valence-electron chi connectivity index (χ3n) is 3.26. The van der Waals surface area contributed by atoms with Crippen LogP contribution in [0.1, 0.15) is 21.5 Å². The average Bonchev–Trinajstić information content (AvgIpc) is 2.43. The van der Waals surface area contributed by atoms with Crippen molar-refractivity contribution in [2.45, 2.75) is 13.8 Å². The Labute approximate surface area is 125 Å². The van der Waals surface area contributed by atoms with Crippen molar-refractivity contribution in [3.8, 4) is 0 Å². The largest absolute Gasteiger partial charge is 0.397 e. The quantitative estimate of drug-likeness (QED) is 0.649. The van der Waals surface area contributed by atoms with Gasteiger partial charge in [-0.2, -0.15) is 0 Å². The standard InChI is InChI=1S/C15H13ClF2N2O/c1-7-3-4-13(19)14(8(7)2)20-15(21)9-5-12(18)10(16)6-11(9)17/h3-6H,19H2,1-2H3,(H,20,21). The number of rotatable bonds is 2. The Morgan fingerprint density at radius 3 is 2.52 bits per heavy atom. The fraction of sp³-hybridized carbons (Fsp3) is 0.133. The molecule has 2 aromatic rings. The van der Waals surface area contributed by atoms with E-state index in [-0.39, 0.29) is 5.02 Å². The molecule has 0 aromatic heterocycles. The molecule has 0 radical (unpaired) electrons. The number of carbonyl (C=O) groups is 1. The lowest BCUT2D eigenvalue weighted by atomic mass is 10.1. The number of benzene rings is 2. The fourth-order valence-corrected chi connectivity index (χ4v) is 2.03. The summed E-state index contributed by atoms with van der Waals surface area (Å²) in [6, 6.07) is 4.96. The highest BCUT2D eigenvalue weighted by Crippen LogP contribution is 2.27. The van der Waals surface area contributed by atoms with E-state index in [0.717, 1.165) is 23.3 Å². The molecule has 6 heteroatoms. The van der Waals surface area contributed by atoms with Crippen LogP contribution in [0.2, 0.25) is 5.02 Å². The van der Waals surface area contributed by atoms with Crippen molar-refractivity contribution in [3.05, 3.63) is 57.6 Å². The zero-order valence-corrected chi connectivity index (χ0v) is 12.2. The highest BCUT2D eigenvalue weighted by molar-refractivity contribution is 6.30. The highest BCUT2D eigenvalue weighted by Gasteiger charge is 2.17. The monoisotopic (exact) mass is 310 g/mol. The van der Waals surface area contributed by atoms with Crippen LogP contribution in [-0.2, 0) is 0 Å². The summed E-state index contributed by atoms with van der Waals surface area (Å²) in [6.07, 6.45) is 0. The van der Waals surface area contributed by atoms with Gasteiger partial charge in [0.05, 0.1) is 22.0 Å². The maximum absolute atomic E-state index is 13.7. The van der Waals surface area contributed by atoms with Crippen molar-refractivity contribution < 1.29 is 13.6 Å². The maximum Gasteiger partial charge on any atom is 0.258 e. The number of nitrogens with one attached hydrogen (secondary N) is 1. The van der Waals surface area contributed by atoms with Gasteiger partial charge in [0.2, 0.25) is 0 Å². The van der Waals surface area contributed by atoms with Gasteiger partial charge in [-0.3, -0.25) is 4.79 Å². The molecule has 0 saturated heterocycles. The van der Waals surface area contributed by atoms with Crippen LogP contribution in [0.4, 0.5) is 20.2 Å². The number of nitrogens with two attached hydrogens (primary N) is 1. The molecule has 0 spiro atoms. The van der Waals surface area contributed by atoms with Crippen LogP contribution >= 0.6 is 11.6 Å². The normalized spacial score (nSPS) is 10.5. The van der Waals surface area contributed by atoms with Crippen molar-refractivity contribution in [2.24, 2.45) is 0 Å². The van der Waals surface area contributed by atoms with E-state index < -0.39 is 23.1 Å². The maximum atomic E-state index is 13.7. The number of hydrogen-bond acceptors (Lipinski definition) is 2. The second kappa shape index (κ2) is 5.69. The van der Waals surface area contributed by atoms with Crippen LogP contribution < -0.4 is 11.1 Å². The predicted octanol–water partition coefficient (Wildman–Crippen LogP) is 4.07. The Balaban J connectivity index is 2.40. The lowest BCUT2D eigenvalue weighted by Crippen LogP contribution is -2.16. The number of anilines is 2. The molecule has 110 valence electrons. The Hall–Kier alpha value is -2.14. The Bertz CT molecular complexity index is 732. The number of nitrogen functional groups attached to an aromatic ring is 1. The molecule has 0 fully saturated rings. The van der Waals surface area contributed by atoms with Gasteiger partial charge < -0.3 is 11.1 Å². The van der Waals surface area contributed by atoms with E-state index in [4.69, 9.17) is 17.3 Å². The van der Waals surface area contributed by atoms with E-state index in [1.54, 1.807) is 13.0 Å². The van der Waals surface area contributed by atoms with E-state index in [0.29, 0.717) is 11.4 Å². The molecule has 2 aromatic carbocycles. The number of hydrogen-bond donors (Lipinski definition) is 2. The number of aryl methyl sites for hydroxylation is 1. The first-order chi connectivity index (χ1) is 9.81. The number of halogens is 3. The van der Waals surface area contributed by atoms with Gasteiger partial charge in [0.1, 0.15) is 11.6 Å². The van der Waals surface area contributed by atoms with Crippen LogP contribution in [0.25, 0.3) is 0 Å². The summed E-state index contributed by atoms with van der Waals surface area (Å²) >= 11 is 5.46. The van der Waals surface area contributed by atoms with Crippen LogP contribution in [0.15, 0.2) is 24.3 Å². The average molecular weight is 311 g/mol. The SMILES string of the molecule is Cc1ccc(N)c(NC(=O)c2cc(F)c(Cl)cc2F)c1C. The zero-order chi connectivity index (χ0) is 15.7. The lowest BCUT2D eigenvalue weighted by Gasteiger charge is -2.14. The van der Waals surface area contributed by atoms with Gasteiger partial charge in [0.15, 0.2) is 0 Å². The van der Waals surface area contributed by atoms with Crippen molar-refractivity contribution in [3.63, 3.8) is 0 Å². The van der Waals surface area contributed by atoms with E-state index in [1.165, 1.54) is 0 Å². The molecule has 3 N–H and O–H groups in total. The van der Waals surface area contributed by atoms with Gasteiger partial charge in [0.25, 0.3) is 5.91 Å². The minimum Gasteiger partial charge on any atom is -0.397 e. The topological polar surface area (TPSA) is 55.1 Å². The van der Waals surface area contributed by atoms with E-state index in [2.05, 4.69) is 5.32 Å². The second-order valence-electron chi connectivity index (χ2n) is 4.67. The summed E-state index contributed by atoms with van der Waals surface area (Å²) in [5, 5.41) is 2.13. The Morgan fingerprint density at radius 1 is 1.19 bits per heavy atom. The fourth-order valence-electron chi connectivity index (χ4n) is 1.88. The first-order valence-electron chi connectivity index (χ1n) is 6.13. The minimum absolute atomic E-state index is 0.348. The summed E-state index contributed by atoms with van der Waals surface area (Å²) in [4.78, 5) is 12.1. The molecule has 1 amide bonds. The predicted molar refractivity (Wildman–Crippen MR) is 79.6 cm³/mol. The molecule has 0 heterocycles. The molecule has 0 saturated carbocycles. The lowest BCUT2D eigenvalue weighted by molar-refractivity contribution is 0.102. The number of carbonyl (C=O) groups excluding carboxylic acids is 1. The molecule has 3 nitrogen and oxygen atoms in total. The van der Waals surface area contributed by atoms with E-state index >= 15 is 0 Å². The van der Waals surface area contributed by atoms with Crippen LogP contribution in [0, 0.1) is 25.5 Å². The van der Waals surface area contributed by atoms with Gasteiger partial charge in [-0.25, -0.2) is 8.78 Å². The molecular weight excluding hydrogens is 298 g/mol. The Kier molecular flexibility index (Phi) is 4.14. The first kappa shape index (κ1) is 15.3. The summed E-state index contributed by atoms with van der Waals surface area (Å²) in [5.74, 6) is -2.55. The van der Waals surface area contributed by atoms with Crippen LogP contribution in [0.3, 0.4) is 0 Å². The minimum atomic E-state index is -0.900. The molecule has 0 aliphatic heterocycles. The van der Waals surface area contributed by atoms with Crippen LogP contribution in [0.5, 0.6) is 0 Å². The van der Waals surface area contributed by atoms with Crippen molar-refractivity contribution in [2.75, 3.05) is 11.1 Å². The second-order valence-corrected chi connectivity index (χ2v) is 5.08. The highest BCUT2D eigenvalue weighted by atomic mass is 35.5. The molecule has 0 aliphatic carbocycles. The smallest absolute Gasteiger partial charge is 0.258 e. The molecule has 0 unspecified atom stereocenters. The third-order valence-corrected chi connectivity index (χ3v) is 3.55. The summed E-state index contributed by atoms with van der Waals surface area (Å²) in [7, 11) is 0. The molecule has 0 atom stereocenters. The van der Waals surface area contributed by atoms with Crippen molar-refractivity contribution >= 4 is 28.9 Å². The summed E-state index contributed by atoms with van der Waals surface area (Å²) in [5.41, 5.74) is 7.79. The molecule has 2 rings (SSSR count). The molecule has 21 heavy (non-hydrogen) atoms. The van der Waals surface area contributed by atoms with E-state index in [9.17, 15) is 13.6 Å². The summed E-state index contributed by atoms with van der Waals surface area (Å²) < 4.78 is 27.1. The van der Waals surface area contributed by atoms with Gasteiger partial charge >= 0.3 is 0 Å².